The van der Waals surface area contributed by atoms with E-state index < -0.39 is 0 Å². The predicted molar refractivity (Wildman–Crippen MR) is 90.9 cm³/mol. The Morgan fingerprint density at radius 2 is 2.05 bits per heavy atom. The summed E-state index contributed by atoms with van der Waals surface area (Å²) in [7, 11) is 1.68. The van der Waals surface area contributed by atoms with E-state index in [2.05, 4.69) is 32.3 Å². The Bertz CT molecular complexity index is 724. The molecule has 2 aromatic carbocycles. The van der Waals surface area contributed by atoms with E-state index in [0.717, 1.165) is 33.8 Å². The van der Waals surface area contributed by atoms with Crippen LogP contribution in [0.25, 0.3) is 10.2 Å². The predicted octanol–water partition coefficient (Wildman–Crippen LogP) is 4.36. The number of fused-ring (bicyclic) bond motifs is 1. The van der Waals surface area contributed by atoms with Gasteiger partial charge in [-0.25, -0.2) is 4.98 Å². The van der Waals surface area contributed by atoms with Crippen LogP contribution < -0.4 is 10.1 Å². The fraction of sp³-hybridized carbons (Fsp3) is 0.188. The summed E-state index contributed by atoms with van der Waals surface area (Å²) in [4.78, 5) is 4.62. The lowest BCUT2D eigenvalue weighted by atomic mass is 10.2. The van der Waals surface area contributed by atoms with Crippen molar-refractivity contribution in [1.82, 2.24) is 10.3 Å². The molecule has 1 aromatic heterocycles. The Morgan fingerprint density at radius 1 is 1.19 bits per heavy atom. The molecule has 3 rings (SSSR count). The molecule has 0 bridgehead atoms. The molecule has 0 radical (unpaired) electrons. The number of halogens is 1. The zero-order valence-corrected chi connectivity index (χ0v) is 14.0. The maximum absolute atomic E-state index is 5.26. The molecule has 0 aliphatic rings. The summed E-state index contributed by atoms with van der Waals surface area (Å²) in [5.41, 5.74) is 2.25. The second kappa shape index (κ2) is 6.56. The summed E-state index contributed by atoms with van der Waals surface area (Å²) >= 11 is 5.30. The largest absolute Gasteiger partial charge is 0.497 e. The van der Waals surface area contributed by atoms with Crippen molar-refractivity contribution in [2.75, 3.05) is 7.11 Å². The van der Waals surface area contributed by atoms with Crippen molar-refractivity contribution < 1.29 is 4.74 Å². The molecule has 0 saturated carbocycles. The maximum atomic E-state index is 5.26. The van der Waals surface area contributed by atoms with Crippen LogP contribution in [0.5, 0.6) is 5.75 Å². The number of nitrogens with zero attached hydrogens (tertiary/aromatic N) is 1. The molecule has 0 atom stereocenters. The van der Waals surface area contributed by atoms with E-state index in [9.17, 15) is 0 Å². The summed E-state index contributed by atoms with van der Waals surface area (Å²) < 4.78 is 7.57. The molecule has 0 aliphatic carbocycles. The monoisotopic (exact) mass is 362 g/mol. The van der Waals surface area contributed by atoms with Gasteiger partial charge in [0, 0.05) is 17.6 Å². The van der Waals surface area contributed by atoms with Gasteiger partial charge >= 0.3 is 0 Å². The van der Waals surface area contributed by atoms with E-state index in [1.807, 2.05) is 36.4 Å². The summed E-state index contributed by atoms with van der Waals surface area (Å²) in [6.45, 7) is 1.54. The van der Waals surface area contributed by atoms with E-state index in [-0.39, 0.29) is 0 Å². The highest BCUT2D eigenvalue weighted by atomic mass is 79.9. The zero-order chi connectivity index (χ0) is 14.7. The van der Waals surface area contributed by atoms with Gasteiger partial charge in [-0.1, -0.05) is 28.1 Å². The molecular formula is C16H15BrN2OS. The number of rotatable bonds is 5. The Balaban J connectivity index is 1.65. The quantitative estimate of drug-likeness (QED) is 0.732. The number of ether oxygens (including phenoxy) is 1. The summed E-state index contributed by atoms with van der Waals surface area (Å²) in [6.07, 6.45) is 0. The van der Waals surface area contributed by atoms with Gasteiger partial charge in [0.05, 0.1) is 17.3 Å². The Hall–Kier alpha value is -1.43. The van der Waals surface area contributed by atoms with Crippen LogP contribution in [-0.2, 0) is 13.1 Å². The van der Waals surface area contributed by atoms with Crippen molar-refractivity contribution >= 4 is 37.5 Å². The first-order chi connectivity index (χ1) is 10.3. The minimum atomic E-state index is 0.767. The van der Waals surface area contributed by atoms with Crippen LogP contribution in [0.2, 0.25) is 0 Å². The van der Waals surface area contributed by atoms with Gasteiger partial charge in [-0.15, -0.1) is 11.3 Å². The third kappa shape index (κ3) is 3.43. The standard InChI is InChI=1S/C16H15BrN2OS/c1-20-12-6-7-13(17)11(8-12)9-18-10-16-19-14-4-2-3-5-15(14)21-16/h2-8,18H,9-10H2,1H3. The summed E-state index contributed by atoms with van der Waals surface area (Å²) in [6, 6.07) is 14.2. The molecule has 5 heteroatoms. The molecule has 21 heavy (non-hydrogen) atoms. The van der Waals surface area contributed by atoms with Gasteiger partial charge in [-0.3, -0.25) is 0 Å². The number of hydrogen-bond donors (Lipinski definition) is 1. The maximum Gasteiger partial charge on any atom is 0.119 e. The van der Waals surface area contributed by atoms with Gasteiger partial charge in [-0.2, -0.15) is 0 Å². The second-order valence-corrected chi connectivity index (χ2v) is 6.61. The number of methoxy groups -OCH3 is 1. The summed E-state index contributed by atoms with van der Waals surface area (Å²) in [5, 5.41) is 4.54. The molecule has 1 heterocycles. The van der Waals surface area contributed by atoms with Gasteiger partial charge in [0.25, 0.3) is 0 Å². The average molecular weight is 363 g/mol. The van der Waals surface area contributed by atoms with Crippen molar-refractivity contribution in [2.45, 2.75) is 13.1 Å². The van der Waals surface area contributed by atoms with Crippen molar-refractivity contribution in [3.8, 4) is 5.75 Å². The van der Waals surface area contributed by atoms with Gasteiger partial charge in [0.1, 0.15) is 10.8 Å². The lowest BCUT2D eigenvalue weighted by molar-refractivity contribution is 0.414. The molecule has 1 N–H and O–H groups in total. The van der Waals surface area contributed by atoms with E-state index in [1.54, 1.807) is 18.4 Å². The Labute approximate surface area is 136 Å². The Morgan fingerprint density at radius 3 is 2.86 bits per heavy atom. The minimum absolute atomic E-state index is 0.767. The molecule has 0 fully saturated rings. The molecular weight excluding hydrogens is 348 g/mol. The summed E-state index contributed by atoms with van der Waals surface area (Å²) in [5.74, 6) is 0.870. The van der Waals surface area contributed by atoms with Crippen LogP contribution in [-0.4, -0.2) is 12.1 Å². The van der Waals surface area contributed by atoms with Gasteiger partial charge in [0.15, 0.2) is 0 Å². The molecule has 0 spiro atoms. The van der Waals surface area contributed by atoms with Crippen molar-refractivity contribution in [3.05, 3.63) is 57.5 Å². The number of hydrogen-bond acceptors (Lipinski definition) is 4. The lowest BCUT2D eigenvalue weighted by Gasteiger charge is -2.08. The Kier molecular flexibility index (Phi) is 4.53. The van der Waals surface area contributed by atoms with Crippen LogP contribution in [0.15, 0.2) is 46.9 Å². The minimum Gasteiger partial charge on any atom is -0.497 e. The molecule has 0 amide bonds. The normalized spacial score (nSPS) is 11.0. The van der Waals surface area contributed by atoms with Gasteiger partial charge < -0.3 is 10.1 Å². The third-order valence-electron chi connectivity index (χ3n) is 3.18. The van der Waals surface area contributed by atoms with Gasteiger partial charge in [-0.05, 0) is 35.9 Å². The van der Waals surface area contributed by atoms with Crippen LogP contribution in [0.3, 0.4) is 0 Å². The molecule has 108 valence electrons. The SMILES string of the molecule is COc1ccc(Br)c(CNCc2nc3ccccc3s2)c1. The number of nitrogens with one attached hydrogen (secondary N) is 1. The molecule has 3 nitrogen and oxygen atoms in total. The van der Waals surface area contributed by atoms with E-state index >= 15 is 0 Å². The van der Waals surface area contributed by atoms with Gasteiger partial charge in [0.2, 0.25) is 0 Å². The first-order valence-electron chi connectivity index (χ1n) is 6.64. The molecule has 3 aromatic rings. The number of thiazole rings is 1. The topological polar surface area (TPSA) is 34.1 Å². The zero-order valence-electron chi connectivity index (χ0n) is 11.6. The van der Waals surface area contributed by atoms with Crippen LogP contribution in [0.4, 0.5) is 0 Å². The lowest BCUT2D eigenvalue weighted by Crippen LogP contribution is -2.12. The van der Waals surface area contributed by atoms with Crippen LogP contribution in [0.1, 0.15) is 10.6 Å². The number of para-hydroxylation sites is 1. The average Bonchev–Trinajstić information content (AvgIpc) is 2.92. The van der Waals surface area contributed by atoms with E-state index in [1.165, 1.54) is 10.3 Å². The third-order valence-corrected chi connectivity index (χ3v) is 4.99. The first kappa shape index (κ1) is 14.5. The highest BCUT2D eigenvalue weighted by Gasteiger charge is 2.05. The molecule has 0 saturated heterocycles. The smallest absolute Gasteiger partial charge is 0.119 e. The first-order valence-corrected chi connectivity index (χ1v) is 8.25. The van der Waals surface area contributed by atoms with Crippen LogP contribution >= 0.6 is 27.3 Å². The highest BCUT2D eigenvalue weighted by molar-refractivity contribution is 9.10. The van der Waals surface area contributed by atoms with Crippen molar-refractivity contribution in [2.24, 2.45) is 0 Å². The second-order valence-electron chi connectivity index (χ2n) is 4.64. The number of aromatic nitrogens is 1. The fourth-order valence-electron chi connectivity index (χ4n) is 2.11. The van der Waals surface area contributed by atoms with Crippen LogP contribution in [0, 0.1) is 0 Å². The van der Waals surface area contributed by atoms with E-state index in [0.29, 0.717) is 0 Å². The highest BCUT2D eigenvalue weighted by Crippen LogP contribution is 2.23. The molecule has 0 unspecified atom stereocenters. The van der Waals surface area contributed by atoms with E-state index in [4.69, 9.17) is 4.74 Å². The van der Waals surface area contributed by atoms with Crippen molar-refractivity contribution in [3.63, 3.8) is 0 Å². The molecule has 0 aliphatic heterocycles. The van der Waals surface area contributed by atoms with Crippen molar-refractivity contribution in [1.29, 1.82) is 0 Å². The fourth-order valence-corrected chi connectivity index (χ4v) is 3.44. The number of benzene rings is 2.